The third-order valence-electron chi connectivity index (χ3n) is 3.65. The summed E-state index contributed by atoms with van der Waals surface area (Å²) in [6.07, 6.45) is 0.421. The maximum atomic E-state index is 13.0. The van der Waals surface area contributed by atoms with E-state index in [4.69, 9.17) is 5.11 Å². The van der Waals surface area contributed by atoms with Gasteiger partial charge in [0.05, 0.1) is 12.2 Å². The van der Waals surface area contributed by atoms with Gasteiger partial charge in [0.2, 0.25) is 0 Å². The molecule has 2 rings (SSSR count). The monoisotopic (exact) mass is 258 g/mol. The highest BCUT2D eigenvalue weighted by Crippen LogP contribution is 2.40. The zero-order chi connectivity index (χ0) is 13.2. The maximum Gasteiger partial charge on any atom is 0.416 e. The predicted molar refractivity (Wildman–Crippen MR) is 63.2 cm³/mol. The highest BCUT2D eigenvalue weighted by Gasteiger charge is 2.35. The van der Waals surface area contributed by atoms with Crippen molar-refractivity contribution in [3.05, 3.63) is 34.9 Å². The Morgan fingerprint density at radius 2 is 1.78 bits per heavy atom. The lowest BCUT2D eigenvalue weighted by atomic mass is 9.81. The summed E-state index contributed by atoms with van der Waals surface area (Å²) in [5, 5.41) is 9.07. The molecule has 0 bridgehead atoms. The second-order valence-electron chi connectivity index (χ2n) is 4.91. The van der Waals surface area contributed by atoms with Crippen LogP contribution in [-0.2, 0) is 12.8 Å². The number of halogens is 3. The van der Waals surface area contributed by atoms with Gasteiger partial charge in [0, 0.05) is 0 Å². The number of hydrogen-bond donors (Lipinski definition) is 1. The normalized spacial score (nSPS) is 18.0. The van der Waals surface area contributed by atoms with Crippen molar-refractivity contribution in [1.82, 2.24) is 0 Å². The van der Waals surface area contributed by atoms with E-state index in [-0.39, 0.29) is 12.5 Å². The Kier molecular flexibility index (Phi) is 3.95. The lowest BCUT2D eigenvalue weighted by molar-refractivity contribution is -0.138. The fraction of sp³-hybridized carbons (Fsp3) is 0.571. The number of aliphatic hydroxyl groups is 1. The molecule has 1 saturated carbocycles. The SMILES string of the molecule is OCc1ccc(C(F)(F)F)c(C2CCCCC2)c1. The molecule has 1 aromatic carbocycles. The van der Waals surface area contributed by atoms with Gasteiger partial charge in [-0.2, -0.15) is 13.2 Å². The van der Waals surface area contributed by atoms with Crippen LogP contribution in [0.3, 0.4) is 0 Å². The third kappa shape index (κ3) is 2.86. The van der Waals surface area contributed by atoms with E-state index in [1.54, 1.807) is 0 Å². The average Bonchev–Trinajstić information content (AvgIpc) is 2.38. The summed E-state index contributed by atoms with van der Waals surface area (Å²) in [5.74, 6) is -0.0122. The number of benzene rings is 1. The van der Waals surface area contributed by atoms with Crippen LogP contribution in [0, 0.1) is 0 Å². The number of rotatable bonds is 2. The van der Waals surface area contributed by atoms with Gasteiger partial charge in [-0.25, -0.2) is 0 Å². The van der Waals surface area contributed by atoms with Gasteiger partial charge in [0.25, 0.3) is 0 Å². The van der Waals surface area contributed by atoms with Gasteiger partial charge in [-0.15, -0.1) is 0 Å². The standard InChI is InChI=1S/C14H17F3O/c15-14(16,17)13-7-6-10(9-18)8-12(13)11-4-2-1-3-5-11/h6-8,11,18H,1-5,9H2. The van der Waals surface area contributed by atoms with E-state index in [0.717, 1.165) is 38.2 Å². The largest absolute Gasteiger partial charge is 0.416 e. The predicted octanol–water partition coefficient (Wildman–Crippen LogP) is 4.25. The first-order valence-electron chi connectivity index (χ1n) is 6.33. The van der Waals surface area contributed by atoms with E-state index >= 15 is 0 Å². The fourth-order valence-corrected chi connectivity index (χ4v) is 2.72. The Morgan fingerprint density at radius 1 is 1.11 bits per heavy atom. The zero-order valence-corrected chi connectivity index (χ0v) is 10.1. The molecule has 0 aliphatic heterocycles. The van der Waals surface area contributed by atoms with Crippen molar-refractivity contribution in [2.45, 2.75) is 50.8 Å². The second-order valence-corrected chi connectivity index (χ2v) is 4.91. The van der Waals surface area contributed by atoms with Crippen LogP contribution in [-0.4, -0.2) is 5.11 Å². The highest BCUT2D eigenvalue weighted by atomic mass is 19.4. The van der Waals surface area contributed by atoms with Gasteiger partial charge in [-0.05, 0) is 36.0 Å². The summed E-state index contributed by atoms with van der Waals surface area (Å²) in [6.45, 7) is -0.210. The lowest BCUT2D eigenvalue weighted by Gasteiger charge is -2.25. The Bertz CT molecular complexity index is 406. The van der Waals surface area contributed by atoms with Crippen LogP contribution in [0.4, 0.5) is 13.2 Å². The maximum absolute atomic E-state index is 13.0. The second kappa shape index (κ2) is 5.31. The van der Waals surface area contributed by atoms with E-state index < -0.39 is 11.7 Å². The van der Waals surface area contributed by atoms with Crippen molar-refractivity contribution in [3.63, 3.8) is 0 Å². The molecular formula is C14H17F3O. The van der Waals surface area contributed by atoms with E-state index in [2.05, 4.69) is 0 Å². The van der Waals surface area contributed by atoms with Crippen LogP contribution in [0.25, 0.3) is 0 Å². The molecule has 1 N–H and O–H groups in total. The Balaban J connectivity index is 2.40. The van der Waals surface area contributed by atoms with Crippen LogP contribution in [0.5, 0.6) is 0 Å². The van der Waals surface area contributed by atoms with Gasteiger partial charge in [-0.3, -0.25) is 0 Å². The molecule has 0 aromatic heterocycles. The molecule has 1 aromatic rings. The van der Waals surface area contributed by atoms with Gasteiger partial charge >= 0.3 is 6.18 Å². The molecule has 0 unspecified atom stereocenters. The summed E-state index contributed by atoms with van der Waals surface area (Å²) in [7, 11) is 0. The van der Waals surface area contributed by atoms with Crippen molar-refractivity contribution < 1.29 is 18.3 Å². The summed E-state index contributed by atoms with van der Waals surface area (Å²) < 4.78 is 38.9. The molecule has 0 spiro atoms. The highest BCUT2D eigenvalue weighted by molar-refractivity contribution is 5.36. The molecule has 0 amide bonds. The molecule has 1 fully saturated rings. The van der Waals surface area contributed by atoms with Gasteiger partial charge in [0.15, 0.2) is 0 Å². The molecule has 4 heteroatoms. The minimum Gasteiger partial charge on any atom is -0.392 e. The van der Waals surface area contributed by atoms with Crippen molar-refractivity contribution in [3.8, 4) is 0 Å². The first-order valence-corrected chi connectivity index (χ1v) is 6.33. The Labute approximate surface area is 105 Å². The lowest BCUT2D eigenvalue weighted by Crippen LogP contribution is -2.14. The quantitative estimate of drug-likeness (QED) is 0.841. The Morgan fingerprint density at radius 3 is 2.33 bits per heavy atom. The Hall–Kier alpha value is -1.03. The topological polar surface area (TPSA) is 20.2 Å². The van der Waals surface area contributed by atoms with Crippen molar-refractivity contribution in [2.75, 3.05) is 0 Å². The van der Waals surface area contributed by atoms with Crippen molar-refractivity contribution in [2.24, 2.45) is 0 Å². The molecule has 0 saturated heterocycles. The van der Waals surface area contributed by atoms with Crippen LogP contribution >= 0.6 is 0 Å². The molecular weight excluding hydrogens is 241 g/mol. The first kappa shape index (κ1) is 13.4. The van der Waals surface area contributed by atoms with Gasteiger partial charge in [0.1, 0.15) is 0 Å². The van der Waals surface area contributed by atoms with Crippen molar-refractivity contribution in [1.29, 1.82) is 0 Å². The van der Waals surface area contributed by atoms with Gasteiger partial charge < -0.3 is 5.11 Å². The van der Waals surface area contributed by atoms with Crippen LogP contribution in [0.1, 0.15) is 54.7 Å². The van der Waals surface area contributed by atoms with Crippen LogP contribution in [0.2, 0.25) is 0 Å². The fourth-order valence-electron chi connectivity index (χ4n) is 2.72. The molecule has 18 heavy (non-hydrogen) atoms. The van der Waals surface area contributed by atoms with Gasteiger partial charge in [-0.1, -0.05) is 31.4 Å². The summed E-state index contributed by atoms with van der Waals surface area (Å²) in [4.78, 5) is 0. The molecule has 100 valence electrons. The molecule has 1 aliphatic carbocycles. The number of alkyl halides is 3. The number of aliphatic hydroxyl groups excluding tert-OH is 1. The third-order valence-corrected chi connectivity index (χ3v) is 3.65. The molecule has 0 radical (unpaired) electrons. The molecule has 1 aliphatic rings. The molecule has 1 nitrogen and oxygen atoms in total. The zero-order valence-electron chi connectivity index (χ0n) is 10.1. The van der Waals surface area contributed by atoms with E-state index in [1.165, 1.54) is 12.1 Å². The van der Waals surface area contributed by atoms with E-state index in [0.29, 0.717) is 11.1 Å². The van der Waals surface area contributed by atoms with E-state index in [9.17, 15) is 13.2 Å². The minimum absolute atomic E-state index is 0.0122. The van der Waals surface area contributed by atoms with Crippen LogP contribution in [0.15, 0.2) is 18.2 Å². The summed E-state index contributed by atoms with van der Waals surface area (Å²) in [6, 6.07) is 3.99. The molecule has 0 atom stereocenters. The first-order chi connectivity index (χ1) is 8.52. The average molecular weight is 258 g/mol. The smallest absolute Gasteiger partial charge is 0.392 e. The van der Waals surface area contributed by atoms with Crippen LogP contribution < -0.4 is 0 Å². The summed E-state index contributed by atoms with van der Waals surface area (Å²) in [5.41, 5.74) is 0.393. The van der Waals surface area contributed by atoms with Crippen molar-refractivity contribution >= 4 is 0 Å². The summed E-state index contributed by atoms with van der Waals surface area (Å²) >= 11 is 0. The number of hydrogen-bond acceptors (Lipinski definition) is 1. The minimum atomic E-state index is -4.30. The molecule has 0 heterocycles. The van der Waals surface area contributed by atoms with E-state index in [1.807, 2.05) is 0 Å².